The Hall–Kier alpha value is -1.22. The van der Waals surface area contributed by atoms with Crippen LogP contribution in [0.5, 0.6) is 0 Å². The van der Waals surface area contributed by atoms with Crippen LogP contribution in [0.25, 0.3) is 0 Å². The lowest BCUT2D eigenvalue weighted by atomic mass is 9.75. The zero-order chi connectivity index (χ0) is 14.9. The first-order valence-corrected chi connectivity index (χ1v) is 7.50. The van der Waals surface area contributed by atoms with Crippen molar-refractivity contribution in [1.29, 1.82) is 0 Å². The molecule has 2 N–H and O–H groups in total. The predicted octanol–water partition coefficient (Wildman–Crippen LogP) is 3.96. The molecule has 110 valence electrons. The molecule has 1 fully saturated rings. The minimum Gasteiger partial charge on any atom is -0.398 e. The fourth-order valence-corrected chi connectivity index (χ4v) is 2.98. The number of hydrogen-bond donors (Lipinski definition) is 1. The van der Waals surface area contributed by atoms with Gasteiger partial charge in [-0.2, -0.15) is 0 Å². The van der Waals surface area contributed by atoms with E-state index in [0.717, 1.165) is 25.7 Å². The number of halogens is 1. The molecule has 0 aromatic heterocycles. The fourth-order valence-electron chi connectivity index (χ4n) is 2.80. The molecule has 1 aliphatic carbocycles. The molecule has 0 aliphatic heterocycles. The van der Waals surface area contributed by atoms with E-state index in [1.165, 1.54) is 0 Å². The number of rotatable bonds is 2. The van der Waals surface area contributed by atoms with E-state index >= 15 is 0 Å². The molecule has 1 amide bonds. The van der Waals surface area contributed by atoms with Crippen molar-refractivity contribution in [3.05, 3.63) is 28.8 Å². The molecule has 0 atom stereocenters. The Bertz CT molecular complexity index is 503. The van der Waals surface area contributed by atoms with Gasteiger partial charge in [0.2, 0.25) is 0 Å². The van der Waals surface area contributed by atoms with Gasteiger partial charge in [-0.3, -0.25) is 4.79 Å². The third-order valence-corrected chi connectivity index (χ3v) is 4.75. The molecule has 2 rings (SSSR count). The first kappa shape index (κ1) is 15.2. The van der Waals surface area contributed by atoms with Crippen LogP contribution in [-0.2, 0) is 0 Å². The van der Waals surface area contributed by atoms with Gasteiger partial charge in [0.05, 0.1) is 10.7 Å². The molecule has 1 aromatic rings. The van der Waals surface area contributed by atoms with Gasteiger partial charge < -0.3 is 10.6 Å². The number of benzene rings is 1. The van der Waals surface area contributed by atoms with Crippen LogP contribution in [0.15, 0.2) is 18.2 Å². The largest absolute Gasteiger partial charge is 0.398 e. The molecule has 1 saturated carbocycles. The predicted molar refractivity (Wildman–Crippen MR) is 84.0 cm³/mol. The summed E-state index contributed by atoms with van der Waals surface area (Å²) >= 11 is 5.99. The molecule has 0 bridgehead atoms. The van der Waals surface area contributed by atoms with Crippen LogP contribution in [0, 0.1) is 5.41 Å². The van der Waals surface area contributed by atoms with Crippen molar-refractivity contribution in [3.8, 4) is 0 Å². The van der Waals surface area contributed by atoms with E-state index < -0.39 is 0 Å². The summed E-state index contributed by atoms with van der Waals surface area (Å²) in [7, 11) is 1.88. The van der Waals surface area contributed by atoms with Gasteiger partial charge >= 0.3 is 0 Å². The number of nitrogen functional groups attached to an aromatic ring is 1. The van der Waals surface area contributed by atoms with E-state index in [4.69, 9.17) is 17.3 Å². The van der Waals surface area contributed by atoms with Crippen LogP contribution in [0.4, 0.5) is 5.69 Å². The topological polar surface area (TPSA) is 46.3 Å². The van der Waals surface area contributed by atoms with Crippen molar-refractivity contribution in [2.45, 2.75) is 45.6 Å². The van der Waals surface area contributed by atoms with E-state index in [1.54, 1.807) is 18.2 Å². The van der Waals surface area contributed by atoms with E-state index in [9.17, 15) is 4.79 Å². The van der Waals surface area contributed by atoms with Crippen molar-refractivity contribution in [3.63, 3.8) is 0 Å². The standard InChI is InChI=1S/C16H23ClN2O/c1-16(2)8-6-12(7-9-16)19(3)15(20)11-4-5-14(18)13(17)10-11/h4-5,10,12H,6-9,18H2,1-3H3. The van der Waals surface area contributed by atoms with Gasteiger partial charge in [0.15, 0.2) is 0 Å². The Labute approximate surface area is 126 Å². The monoisotopic (exact) mass is 294 g/mol. The highest BCUT2D eigenvalue weighted by molar-refractivity contribution is 6.33. The summed E-state index contributed by atoms with van der Waals surface area (Å²) < 4.78 is 0. The second-order valence-electron chi connectivity index (χ2n) is 6.55. The molecule has 0 saturated heterocycles. The van der Waals surface area contributed by atoms with Crippen molar-refractivity contribution in [2.75, 3.05) is 12.8 Å². The number of carbonyl (C=O) groups excluding carboxylic acids is 1. The maximum absolute atomic E-state index is 12.5. The van der Waals surface area contributed by atoms with Crippen LogP contribution >= 0.6 is 11.6 Å². The number of anilines is 1. The number of carbonyl (C=O) groups is 1. The lowest BCUT2D eigenvalue weighted by molar-refractivity contribution is 0.0635. The van der Waals surface area contributed by atoms with E-state index in [0.29, 0.717) is 27.7 Å². The summed E-state index contributed by atoms with van der Waals surface area (Å²) in [6.45, 7) is 4.59. The number of hydrogen-bond acceptors (Lipinski definition) is 2. The second-order valence-corrected chi connectivity index (χ2v) is 6.95. The summed E-state index contributed by atoms with van der Waals surface area (Å²) in [6.07, 6.45) is 4.46. The second kappa shape index (κ2) is 5.65. The van der Waals surface area contributed by atoms with E-state index in [2.05, 4.69) is 13.8 Å². The van der Waals surface area contributed by atoms with Crippen molar-refractivity contribution >= 4 is 23.2 Å². The fraction of sp³-hybridized carbons (Fsp3) is 0.562. The molecule has 3 nitrogen and oxygen atoms in total. The minimum atomic E-state index is 0.0246. The van der Waals surface area contributed by atoms with Gasteiger partial charge in [0.25, 0.3) is 5.91 Å². The van der Waals surface area contributed by atoms with E-state index in [1.807, 2.05) is 11.9 Å². The minimum absolute atomic E-state index is 0.0246. The molecule has 0 spiro atoms. The molecule has 0 unspecified atom stereocenters. The summed E-state index contributed by atoms with van der Waals surface area (Å²) in [5.74, 6) is 0.0246. The smallest absolute Gasteiger partial charge is 0.253 e. The molecule has 1 aliphatic rings. The van der Waals surface area contributed by atoms with Crippen LogP contribution in [0.2, 0.25) is 5.02 Å². The number of nitrogens with zero attached hydrogens (tertiary/aromatic N) is 1. The van der Waals surface area contributed by atoms with Crippen LogP contribution in [0.3, 0.4) is 0 Å². The van der Waals surface area contributed by atoms with Crippen molar-refractivity contribution < 1.29 is 4.79 Å². The average Bonchev–Trinajstić information content (AvgIpc) is 2.40. The Balaban J connectivity index is 2.07. The maximum atomic E-state index is 12.5. The van der Waals surface area contributed by atoms with Gasteiger partial charge in [-0.1, -0.05) is 25.4 Å². The lowest BCUT2D eigenvalue weighted by Gasteiger charge is -2.38. The third-order valence-electron chi connectivity index (χ3n) is 4.42. The Morgan fingerprint density at radius 2 is 1.95 bits per heavy atom. The highest BCUT2D eigenvalue weighted by Crippen LogP contribution is 2.37. The first-order chi connectivity index (χ1) is 9.30. The van der Waals surface area contributed by atoms with Gasteiger partial charge in [-0.05, 0) is 49.3 Å². The van der Waals surface area contributed by atoms with Gasteiger partial charge in [0.1, 0.15) is 0 Å². The molecule has 1 aromatic carbocycles. The highest BCUT2D eigenvalue weighted by Gasteiger charge is 2.30. The first-order valence-electron chi connectivity index (χ1n) is 7.12. The number of nitrogens with two attached hydrogens (primary N) is 1. The van der Waals surface area contributed by atoms with Crippen LogP contribution in [0.1, 0.15) is 49.9 Å². The van der Waals surface area contributed by atoms with E-state index in [-0.39, 0.29) is 5.91 Å². The molecule has 20 heavy (non-hydrogen) atoms. The molecule has 0 radical (unpaired) electrons. The van der Waals surface area contributed by atoms with Crippen molar-refractivity contribution in [2.24, 2.45) is 5.41 Å². The molecule has 0 heterocycles. The van der Waals surface area contributed by atoms with Crippen molar-refractivity contribution in [1.82, 2.24) is 4.90 Å². The SMILES string of the molecule is CN(C(=O)c1ccc(N)c(Cl)c1)C1CCC(C)(C)CC1. The van der Waals surface area contributed by atoms with Gasteiger partial charge in [-0.15, -0.1) is 0 Å². The van der Waals surface area contributed by atoms with Gasteiger partial charge in [0, 0.05) is 18.7 Å². The summed E-state index contributed by atoms with van der Waals surface area (Å²) in [5, 5.41) is 0.439. The zero-order valence-corrected chi connectivity index (χ0v) is 13.2. The molecule has 4 heteroatoms. The highest BCUT2D eigenvalue weighted by atomic mass is 35.5. The molecular formula is C16H23ClN2O. The number of amides is 1. The Morgan fingerprint density at radius 1 is 1.35 bits per heavy atom. The quantitative estimate of drug-likeness (QED) is 0.839. The van der Waals surface area contributed by atoms with Crippen LogP contribution in [-0.4, -0.2) is 23.9 Å². The zero-order valence-electron chi connectivity index (χ0n) is 12.4. The average molecular weight is 295 g/mol. The Morgan fingerprint density at radius 3 is 2.50 bits per heavy atom. The lowest BCUT2D eigenvalue weighted by Crippen LogP contribution is -2.40. The maximum Gasteiger partial charge on any atom is 0.253 e. The third kappa shape index (κ3) is 3.26. The van der Waals surface area contributed by atoms with Gasteiger partial charge in [-0.25, -0.2) is 0 Å². The summed E-state index contributed by atoms with van der Waals surface area (Å²) in [4.78, 5) is 14.4. The Kier molecular flexibility index (Phi) is 4.28. The normalized spacial score (nSPS) is 18.8. The summed E-state index contributed by atoms with van der Waals surface area (Å²) in [5.41, 5.74) is 7.20. The van der Waals surface area contributed by atoms with Crippen LogP contribution < -0.4 is 5.73 Å². The summed E-state index contributed by atoms with van der Waals surface area (Å²) in [6, 6.07) is 5.41. The molecular weight excluding hydrogens is 272 g/mol.